The Morgan fingerprint density at radius 1 is 1.53 bits per heavy atom. The molecule has 0 bridgehead atoms. The maximum atomic E-state index is 11.3. The van der Waals surface area contributed by atoms with E-state index in [0.717, 1.165) is 6.66 Å². The van der Waals surface area contributed by atoms with Gasteiger partial charge in [0.05, 0.1) is 0 Å². The molecule has 1 fully saturated rings. The minimum absolute atomic E-state index is 0.282. The number of hydrogen-bond donors (Lipinski definition) is 2. The number of hydrogen-bond acceptors (Lipinski definition) is 5. The first-order valence-electron chi connectivity index (χ1n) is 5.59. The molecule has 0 aromatic rings. The predicted molar refractivity (Wildman–Crippen MR) is 67.4 cm³/mol. The van der Waals surface area contributed by atoms with Crippen LogP contribution in [0.5, 0.6) is 0 Å². The second kappa shape index (κ2) is 5.22. The van der Waals surface area contributed by atoms with Crippen molar-refractivity contribution in [3.63, 3.8) is 0 Å². The normalized spacial score (nSPS) is 35.9. The summed E-state index contributed by atoms with van der Waals surface area (Å²) in [6, 6.07) is 0. The molecule has 1 aliphatic heterocycles. The quantitative estimate of drug-likeness (QED) is 0.767. The molecule has 0 aliphatic carbocycles. The zero-order valence-corrected chi connectivity index (χ0v) is 12.6. The van der Waals surface area contributed by atoms with Crippen LogP contribution in [-0.4, -0.2) is 42.4 Å². The van der Waals surface area contributed by atoms with Crippen LogP contribution in [0.1, 0.15) is 20.3 Å². The first-order valence-corrected chi connectivity index (χ1v) is 9.88. The molecule has 0 saturated carbocycles. The van der Waals surface area contributed by atoms with Crippen LogP contribution in [0.2, 0.25) is 0 Å². The summed E-state index contributed by atoms with van der Waals surface area (Å²) < 4.78 is 27.0. The van der Waals surface area contributed by atoms with Gasteiger partial charge in [-0.2, -0.15) is 0 Å². The molecule has 0 radical (unpaired) electrons. The SMILES string of the molecule is CCC1(C(C)OP(C)(=O)O)CO[PH](C)(O)OC1. The molecule has 0 aromatic heterocycles. The van der Waals surface area contributed by atoms with Gasteiger partial charge in [-0.05, 0) is 0 Å². The Labute approximate surface area is 102 Å². The Kier molecular flexibility index (Phi) is 4.76. The summed E-state index contributed by atoms with van der Waals surface area (Å²) in [5.74, 6) is 0. The second-order valence-corrected chi connectivity index (χ2v) is 8.93. The van der Waals surface area contributed by atoms with Crippen molar-refractivity contribution in [3.8, 4) is 0 Å². The summed E-state index contributed by atoms with van der Waals surface area (Å²) in [5.41, 5.74) is -0.482. The predicted octanol–water partition coefficient (Wildman–Crippen LogP) is 1.77. The molecule has 1 aliphatic rings. The average Bonchev–Trinajstić information content (AvgIpc) is 2.16. The van der Waals surface area contributed by atoms with Gasteiger partial charge in [-0.3, -0.25) is 0 Å². The van der Waals surface area contributed by atoms with Crippen LogP contribution in [-0.2, 0) is 18.1 Å². The van der Waals surface area contributed by atoms with E-state index in [4.69, 9.17) is 13.6 Å². The Morgan fingerprint density at radius 2 is 2.00 bits per heavy atom. The van der Waals surface area contributed by atoms with Crippen LogP contribution in [0.25, 0.3) is 0 Å². The van der Waals surface area contributed by atoms with Crippen LogP contribution in [0.3, 0.4) is 0 Å². The monoisotopic (exact) mass is 288 g/mol. The van der Waals surface area contributed by atoms with Crippen molar-refractivity contribution >= 4 is 15.5 Å². The Balaban J connectivity index is 2.74. The van der Waals surface area contributed by atoms with Crippen molar-refractivity contribution in [2.75, 3.05) is 26.5 Å². The topological polar surface area (TPSA) is 85.2 Å². The van der Waals surface area contributed by atoms with Gasteiger partial charge in [0.2, 0.25) is 0 Å². The van der Waals surface area contributed by atoms with Gasteiger partial charge in [0.1, 0.15) is 0 Å². The van der Waals surface area contributed by atoms with Crippen LogP contribution in [0.15, 0.2) is 0 Å². The van der Waals surface area contributed by atoms with E-state index in [9.17, 15) is 14.4 Å². The molecular formula is C9H22O6P2. The van der Waals surface area contributed by atoms with Crippen LogP contribution in [0, 0.1) is 5.41 Å². The van der Waals surface area contributed by atoms with E-state index in [2.05, 4.69) is 0 Å². The molecule has 2 N–H and O–H groups in total. The molecular weight excluding hydrogens is 266 g/mol. The molecule has 6 nitrogen and oxygen atoms in total. The molecule has 104 valence electrons. The summed E-state index contributed by atoms with van der Waals surface area (Å²) in [6.45, 7) is 6.93. The van der Waals surface area contributed by atoms with E-state index >= 15 is 0 Å². The summed E-state index contributed by atoms with van der Waals surface area (Å²) in [6.07, 6.45) is 0.206. The van der Waals surface area contributed by atoms with E-state index < -0.39 is 27.1 Å². The Bertz CT molecular complexity index is 303. The van der Waals surface area contributed by atoms with Crippen LogP contribution < -0.4 is 0 Å². The molecule has 17 heavy (non-hydrogen) atoms. The molecule has 1 rings (SSSR count). The molecule has 8 heteroatoms. The van der Waals surface area contributed by atoms with Crippen molar-refractivity contribution in [2.24, 2.45) is 5.41 Å². The van der Waals surface area contributed by atoms with Gasteiger partial charge >= 0.3 is 102 Å². The third kappa shape index (κ3) is 4.25. The summed E-state index contributed by atoms with van der Waals surface area (Å²) in [4.78, 5) is 18.9. The fourth-order valence-electron chi connectivity index (χ4n) is 1.77. The molecule has 0 spiro atoms. The molecule has 1 saturated heterocycles. The van der Waals surface area contributed by atoms with Crippen molar-refractivity contribution in [1.82, 2.24) is 0 Å². The fraction of sp³-hybridized carbons (Fsp3) is 1.00. The first-order chi connectivity index (χ1) is 7.60. The fourth-order valence-corrected chi connectivity index (χ4v) is 3.77. The Hall–Kier alpha value is 0.460. The third-order valence-corrected chi connectivity index (χ3v) is 5.24. The molecule has 0 amide bonds. The zero-order valence-electron chi connectivity index (χ0n) is 10.7. The van der Waals surface area contributed by atoms with E-state index in [-0.39, 0.29) is 13.2 Å². The van der Waals surface area contributed by atoms with Gasteiger partial charge in [-0.15, -0.1) is 0 Å². The molecule has 2 unspecified atom stereocenters. The van der Waals surface area contributed by atoms with Crippen LogP contribution in [0.4, 0.5) is 0 Å². The van der Waals surface area contributed by atoms with Gasteiger partial charge in [0.15, 0.2) is 0 Å². The molecule has 1 heterocycles. The van der Waals surface area contributed by atoms with E-state index in [0.29, 0.717) is 6.42 Å². The van der Waals surface area contributed by atoms with Crippen molar-refractivity contribution < 1.29 is 27.9 Å². The third-order valence-electron chi connectivity index (χ3n) is 3.18. The van der Waals surface area contributed by atoms with E-state index in [1.165, 1.54) is 0 Å². The molecule has 0 aromatic carbocycles. The van der Waals surface area contributed by atoms with Gasteiger partial charge in [-0.25, -0.2) is 0 Å². The van der Waals surface area contributed by atoms with Gasteiger partial charge in [-0.1, -0.05) is 0 Å². The van der Waals surface area contributed by atoms with Gasteiger partial charge in [0.25, 0.3) is 0 Å². The second-order valence-electron chi connectivity index (χ2n) is 4.74. The van der Waals surface area contributed by atoms with E-state index in [1.807, 2.05) is 6.92 Å². The first kappa shape index (κ1) is 15.5. The molecule has 2 atom stereocenters. The average molecular weight is 288 g/mol. The standard InChI is InChI=1S/C9H22O6P2/c1-5-9(8(2)15-16(3,10)11)6-13-17(4,12)14-7-9/h8,12,17H,5-7H2,1-4H3,(H,10,11). The van der Waals surface area contributed by atoms with Crippen LogP contribution >= 0.6 is 15.5 Å². The van der Waals surface area contributed by atoms with Gasteiger partial charge < -0.3 is 0 Å². The van der Waals surface area contributed by atoms with Crippen molar-refractivity contribution in [1.29, 1.82) is 0 Å². The van der Waals surface area contributed by atoms with Crippen molar-refractivity contribution in [3.05, 3.63) is 0 Å². The maximum absolute atomic E-state index is 11.3. The summed E-state index contributed by atoms with van der Waals surface area (Å²) >= 11 is 0. The van der Waals surface area contributed by atoms with Gasteiger partial charge in [0, 0.05) is 0 Å². The van der Waals surface area contributed by atoms with E-state index in [1.54, 1.807) is 13.6 Å². The number of rotatable bonds is 4. The van der Waals surface area contributed by atoms with Crippen molar-refractivity contribution in [2.45, 2.75) is 26.4 Å². The Morgan fingerprint density at radius 3 is 2.35 bits per heavy atom. The minimum atomic E-state index is -3.54. The zero-order chi connectivity index (χ0) is 13.3. The summed E-state index contributed by atoms with van der Waals surface area (Å²) in [7, 11) is -6.53. The summed E-state index contributed by atoms with van der Waals surface area (Å²) in [5, 5.41) is 0.